The zero-order valence-electron chi connectivity index (χ0n) is 25.1. The molecule has 0 heterocycles. The Balaban J connectivity index is 1.43. The van der Waals surface area contributed by atoms with Gasteiger partial charge in [0.25, 0.3) is 0 Å². The second-order valence-corrected chi connectivity index (χ2v) is 14.7. The Morgan fingerprint density at radius 3 is 2.12 bits per heavy atom. The van der Waals surface area contributed by atoms with Crippen LogP contribution < -0.4 is 0 Å². The van der Waals surface area contributed by atoms with Crippen LogP contribution in [0.2, 0.25) is 0 Å². The van der Waals surface area contributed by atoms with Crippen molar-refractivity contribution in [3.05, 3.63) is 22.5 Å². The summed E-state index contributed by atoms with van der Waals surface area (Å²) in [4.78, 5) is 38.9. The predicted octanol–water partition coefficient (Wildman–Crippen LogP) is 7.83. The second kappa shape index (κ2) is 10.7. The number of hydrogen-bond donors (Lipinski definition) is 1. The van der Waals surface area contributed by atoms with Gasteiger partial charge in [-0.05, 0) is 105 Å². The molecule has 5 fully saturated rings. The van der Waals surface area contributed by atoms with Crippen LogP contribution >= 0.6 is 0 Å². The molecule has 0 amide bonds. The number of rotatable bonds is 6. The largest absolute Gasteiger partial charge is 0.493 e. The molecule has 40 heavy (non-hydrogen) atoms. The number of allylic oxidation sites excluding steroid dienone is 3. The lowest BCUT2D eigenvalue weighted by atomic mass is 9.44. The third kappa shape index (κ3) is 4.26. The van der Waals surface area contributed by atoms with E-state index >= 15 is 0 Å². The van der Waals surface area contributed by atoms with E-state index in [4.69, 9.17) is 4.74 Å². The molecule has 5 nitrogen and oxygen atoms in total. The topological polar surface area (TPSA) is 80.7 Å². The Labute approximate surface area is 240 Å². The highest BCUT2D eigenvalue weighted by molar-refractivity contribution is 6.10. The van der Waals surface area contributed by atoms with Crippen LogP contribution in [0.5, 0.6) is 0 Å². The van der Waals surface area contributed by atoms with Gasteiger partial charge in [-0.25, -0.2) is 0 Å². The molecule has 220 valence electrons. The van der Waals surface area contributed by atoms with E-state index in [0.717, 1.165) is 69.8 Å². The third-order valence-electron chi connectivity index (χ3n) is 13.1. The molecule has 0 spiro atoms. The normalized spacial score (nSPS) is 39.0. The van der Waals surface area contributed by atoms with E-state index < -0.39 is 5.97 Å². The predicted molar refractivity (Wildman–Crippen MR) is 154 cm³/mol. The average Bonchev–Trinajstić information content (AvgIpc) is 3.31. The fraction of sp³-hybridized carbons (Fsp3) is 0.800. The lowest BCUT2D eigenvalue weighted by Crippen LogP contribution is -2.53. The molecule has 0 aromatic rings. The first-order valence-electron chi connectivity index (χ1n) is 16.5. The highest BCUT2D eigenvalue weighted by atomic mass is 16.5. The van der Waals surface area contributed by atoms with E-state index in [1.165, 1.54) is 49.7 Å². The summed E-state index contributed by atoms with van der Waals surface area (Å²) in [5.74, 6) is 1.90. The van der Waals surface area contributed by atoms with E-state index in [1.807, 2.05) is 0 Å². The van der Waals surface area contributed by atoms with Crippen molar-refractivity contribution in [3.8, 4) is 0 Å². The standard InChI is InChI=1S/C35H50O5/c1-34-19-18-25-23(24(34)16-17-26(34)28(36)20-29(37)38)14-15-27-30(21-10-6-4-7-11-21)32(39)33(40-3)31(35(25,27)2)22-12-8-5-9-13-22/h21-26H,4-20H2,1-3H3,(H,37,38)/t23-,24-,25-,26+,34-,35+/m0/s1. The van der Waals surface area contributed by atoms with Crippen LogP contribution in [-0.2, 0) is 19.1 Å². The summed E-state index contributed by atoms with van der Waals surface area (Å²) >= 11 is 0. The maximum atomic E-state index is 14.4. The van der Waals surface area contributed by atoms with Gasteiger partial charge in [0.1, 0.15) is 12.2 Å². The molecule has 5 heteroatoms. The van der Waals surface area contributed by atoms with E-state index in [9.17, 15) is 19.5 Å². The molecular weight excluding hydrogens is 500 g/mol. The number of hydrogen-bond acceptors (Lipinski definition) is 4. The molecule has 0 aliphatic heterocycles. The first-order chi connectivity index (χ1) is 19.2. The quantitative estimate of drug-likeness (QED) is 0.341. The summed E-state index contributed by atoms with van der Waals surface area (Å²) in [6.07, 6.45) is 17.6. The van der Waals surface area contributed by atoms with Crippen molar-refractivity contribution >= 4 is 17.5 Å². The fourth-order valence-electron chi connectivity index (χ4n) is 11.4. The lowest BCUT2D eigenvalue weighted by Gasteiger charge is -2.60. The molecule has 6 aliphatic rings. The highest BCUT2D eigenvalue weighted by Crippen LogP contribution is 2.69. The van der Waals surface area contributed by atoms with Crippen molar-refractivity contribution in [2.45, 2.75) is 123 Å². The van der Waals surface area contributed by atoms with E-state index in [-0.39, 0.29) is 34.7 Å². The average molecular weight is 551 g/mol. The number of aliphatic carboxylic acids is 1. The molecular formula is C35H50O5. The molecule has 0 radical (unpaired) electrons. The molecule has 0 bridgehead atoms. The van der Waals surface area contributed by atoms with Crippen molar-refractivity contribution in [1.29, 1.82) is 0 Å². The highest BCUT2D eigenvalue weighted by Gasteiger charge is 2.63. The Hall–Kier alpha value is -1.91. The van der Waals surface area contributed by atoms with Gasteiger partial charge in [0.05, 0.1) is 7.11 Å². The number of carbonyl (C=O) groups is 3. The fourth-order valence-corrected chi connectivity index (χ4v) is 11.4. The Morgan fingerprint density at radius 2 is 1.50 bits per heavy atom. The van der Waals surface area contributed by atoms with Crippen molar-refractivity contribution in [2.75, 3.05) is 7.11 Å². The summed E-state index contributed by atoms with van der Waals surface area (Å²) in [6.45, 7) is 4.80. The van der Waals surface area contributed by atoms with Crippen molar-refractivity contribution < 1.29 is 24.2 Å². The molecule has 0 aromatic carbocycles. The summed E-state index contributed by atoms with van der Waals surface area (Å²) < 4.78 is 6.17. The first kappa shape index (κ1) is 28.2. The summed E-state index contributed by atoms with van der Waals surface area (Å²) in [5, 5.41) is 9.36. The van der Waals surface area contributed by atoms with Crippen molar-refractivity contribution in [2.24, 2.45) is 46.3 Å². The van der Waals surface area contributed by atoms with Gasteiger partial charge in [-0.3, -0.25) is 14.4 Å². The van der Waals surface area contributed by atoms with Gasteiger partial charge in [-0.2, -0.15) is 0 Å². The first-order valence-corrected chi connectivity index (χ1v) is 16.5. The van der Waals surface area contributed by atoms with Crippen LogP contribution in [0.4, 0.5) is 0 Å². The van der Waals surface area contributed by atoms with E-state index in [1.54, 1.807) is 7.11 Å². The van der Waals surface area contributed by atoms with Gasteiger partial charge < -0.3 is 9.84 Å². The van der Waals surface area contributed by atoms with Crippen molar-refractivity contribution in [1.82, 2.24) is 0 Å². The van der Waals surface area contributed by atoms with E-state index in [0.29, 0.717) is 35.3 Å². The lowest BCUT2D eigenvalue weighted by molar-refractivity contribution is -0.143. The van der Waals surface area contributed by atoms with Crippen LogP contribution in [0, 0.1) is 46.3 Å². The van der Waals surface area contributed by atoms with Gasteiger partial charge in [0.2, 0.25) is 5.78 Å². The molecule has 6 aliphatic carbocycles. The maximum Gasteiger partial charge on any atom is 0.310 e. The van der Waals surface area contributed by atoms with Crippen molar-refractivity contribution in [3.63, 3.8) is 0 Å². The Kier molecular flexibility index (Phi) is 7.57. The van der Waals surface area contributed by atoms with Gasteiger partial charge in [-0.15, -0.1) is 0 Å². The van der Waals surface area contributed by atoms with Gasteiger partial charge >= 0.3 is 5.97 Å². The third-order valence-corrected chi connectivity index (χ3v) is 13.1. The minimum Gasteiger partial charge on any atom is -0.493 e. The van der Waals surface area contributed by atoms with Gasteiger partial charge in [-0.1, -0.05) is 57.9 Å². The number of ether oxygens (including phenoxy) is 1. The number of methoxy groups -OCH3 is 1. The maximum absolute atomic E-state index is 14.4. The van der Waals surface area contributed by atoms with Gasteiger partial charge in [0.15, 0.2) is 5.76 Å². The molecule has 5 saturated carbocycles. The number of fused-ring (bicyclic) bond motifs is 5. The zero-order chi connectivity index (χ0) is 28.2. The van der Waals surface area contributed by atoms with Gasteiger partial charge in [0, 0.05) is 16.9 Å². The molecule has 0 aromatic heterocycles. The van der Waals surface area contributed by atoms with Crippen LogP contribution in [0.15, 0.2) is 22.5 Å². The summed E-state index contributed by atoms with van der Waals surface area (Å²) in [7, 11) is 1.73. The molecule has 6 atom stereocenters. The summed E-state index contributed by atoms with van der Waals surface area (Å²) in [6, 6.07) is 0. The molecule has 1 N–H and O–H groups in total. The molecule has 6 rings (SSSR count). The summed E-state index contributed by atoms with van der Waals surface area (Å²) in [5.41, 5.74) is 3.67. The molecule has 0 unspecified atom stereocenters. The molecule has 0 saturated heterocycles. The second-order valence-electron chi connectivity index (χ2n) is 14.7. The minimum absolute atomic E-state index is 0.0640. The minimum atomic E-state index is -0.998. The van der Waals surface area contributed by atoms with E-state index in [2.05, 4.69) is 13.8 Å². The van der Waals surface area contributed by atoms with Crippen LogP contribution in [-0.4, -0.2) is 29.8 Å². The smallest absolute Gasteiger partial charge is 0.310 e. The SMILES string of the molecule is COC1=C(C2CCCCC2)[C@@]2(C)C(=C(C3CCCCC3)C1=O)CC[C@@H]1[C@@H]2CC[C@]2(C)[C@@H](C(=O)CC(=O)O)CC[C@@H]12. The van der Waals surface area contributed by atoms with Crippen LogP contribution in [0.3, 0.4) is 0 Å². The van der Waals surface area contributed by atoms with Crippen LogP contribution in [0.1, 0.15) is 123 Å². The number of carboxylic acid groups (broad SMARTS) is 1. The number of carboxylic acids is 1. The zero-order valence-corrected chi connectivity index (χ0v) is 25.1. The number of carbonyl (C=O) groups excluding carboxylic acids is 2. The number of Topliss-reactive ketones (excluding diaryl/α,β-unsaturated/α-hetero) is 2. The number of ketones is 2. The van der Waals surface area contributed by atoms with Crippen LogP contribution in [0.25, 0.3) is 0 Å². The Morgan fingerprint density at radius 1 is 0.850 bits per heavy atom. The monoisotopic (exact) mass is 550 g/mol. The Bertz CT molecular complexity index is 1120.